The normalized spacial score (nSPS) is 20.3. The molecule has 1 aromatic carbocycles. The maximum absolute atomic E-state index is 14.7. The molecule has 1 aromatic rings. The van der Waals surface area contributed by atoms with Crippen molar-refractivity contribution in [3.63, 3.8) is 0 Å². The number of benzene rings is 1. The molecule has 156 valence electrons. The second kappa shape index (κ2) is 8.13. The number of cyclic esters (lactones) is 1. The van der Waals surface area contributed by atoms with Crippen molar-refractivity contribution in [3.8, 4) is 0 Å². The largest absolute Gasteiger partial charge is 0.434 e. The lowest BCUT2D eigenvalue weighted by Crippen LogP contribution is -2.42. The lowest BCUT2D eigenvalue weighted by molar-refractivity contribution is -0.141. The van der Waals surface area contributed by atoms with Crippen LogP contribution in [-0.4, -0.2) is 71.5 Å². The van der Waals surface area contributed by atoms with E-state index < -0.39 is 48.4 Å². The highest BCUT2D eigenvalue weighted by Gasteiger charge is 2.36. The summed E-state index contributed by atoms with van der Waals surface area (Å²) in [7, 11) is 0. The van der Waals surface area contributed by atoms with Crippen LogP contribution in [0.4, 0.5) is 19.3 Å². The van der Waals surface area contributed by atoms with Crippen LogP contribution in [0.3, 0.4) is 0 Å². The molecular formula is C18H19F2N3O6. The van der Waals surface area contributed by atoms with Crippen LogP contribution >= 0.6 is 0 Å². The highest BCUT2D eigenvalue weighted by atomic mass is 19.1. The Balaban J connectivity index is 1.81. The Morgan fingerprint density at radius 2 is 1.97 bits per heavy atom. The molecule has 9 nitrogen and oxygen atoms in total. The molecule has 2 aliphatic heterocycles. The first-order chi connectivity index (χ1) is 13.7. The second-order valence-corrected chi connectivity index (χ2v) is 6.63. The third kappa shape index (κ3) is 4.05. The highest BCUT2D eigenvalue weighted by molar-refractivity contribution is 5.95. The van der Waals surface area contributed by atoms with Crippen LogP contribution in [0.1, 0.15) is 12.0 Å². The minimum atomic E-state index is -1.54. The lowest BCUT2D eigenvalue weighted by atomic mass is 9.97. The van der Waals surface area contributed by atoms with Gasteiger partial charge < -0.3 is 25.6 Å². The fourth-order valence-electron chi connectivity index (χ4n) is 3.23. The molecule has 3 amide bonds. The van der Waals surface area contributed by atoms with Gasteiger partial charge in [-0.05, 0) is 24.1 Å². The number of anilines is 1. The Labute approximate surface area is 163 Å². The summed E-state index contributed by atoms with van der Waals surface area (Å²) in [5.74, 6) is -3.37. The number of nitrogens with zero attached hydrogens (tertiary/aromatic N) is 2. The molecular weight excluding hydrogens is 392 g/mol. The molecule has 2 aliphatic rings. The van der Waals surface area contributed by atoms with Crippen molar-refractivity contribution in [3.05, 3.63) is 35.4 Å². The molecule has 2 heterocycles. The molecule has 3 rings (SSSR count). The number of carbonyl (C=O) groups excluding carboxylic acids is 3. The number of hydrogen-bond donors (Lipinski definition) is 3. The zero-order valence-corrected chi connectivity index (χ0v) is 15.2. The van der Waals surface area contributed by atoms with Crippen LogP contribution in [-0.2, 0) is 14.3 Å². The summed E-state index contributed by atoms with van der Waals surface area (Å²) in [6, 6.07) is 1.91. The molecule has 29 heavy (non-hydrogen) atoms. The minimum absolute atomic E-state index is 0.0185. The summed E-state index contributed by atoms with van der Waals surface area (Å²) in [4.78, 5) is 37.0. The van der Waals surface area contributed by atoms with Crippen molar-refractivity contribution in [2.45, 2.75) is 18.6 Å². The van der Waals surface area contributed by atoms with Crippen molar-refractivity contribution in [2.24, 2.45) is 5.73 Å². The monoisotopic (exact) mass is 411 g/mol. The van der Waals surface area contributed by atoms with E-state index in [2.05, 4.69) is 0 Å². The Morgan fingerprint density at radius 1 is 1.31 bits per heavy atom. The number of aliphatic hydroxyl groups is 2. The van der Waals surface area contributed by atoms with Gasteiger partial charge in [0.1, 0.15) is 11.6 Å². The van der Waals surface area contributed by atoms with Crippen LogP contribution in [0.15, 0.2) is 18.2 Å². The van der Waals surface area contributed by atoms with E-state index in [4.69, 9.17) is 15.6 Å². The summed E-state index contributed by atoms with van der Waals surface area (Å²) >= 11 is 0. The first kappa shape index (κ1) is 20.7. The van der Waals surface area contributed by atoms with Crippen molar-refractivity contribution in [2.75, 3.05) is 31.1 Å². The summed E-state index contributed by atoms with van der Waals surface area (Å²) < 4.78 is 34.1. The van der Waals surface area contributed by atoms with E-state index in [0.29, 0.717) is 5.57 Å². The number of hydrogen-bond acceptors (Lipinski definition) is 6. The third-order valence-corrected chi connectivity index (χ3v) is 4.77. The Kier molecular flexibility index (Phi) is 5.80. The number of amides is 3. The number of primary amides is 1. The predicted octanol–water partition coefficient (Wildman–Crippen LogP) is -0.256. The predicted molar refractivity (Wildman–Crippen MR) is 95.4 cm³/mol. The lowest BCUT2D eigenvalue weighted by Gasteiger charge is -2.28. The van der Waals surface area contributed by atoms with Gasteiger partial charge in [-0.15, -0.1) is 0 Å². The molecule has 1 fully saturated rings. The molecule has 1 saturated heterocycles. The van der Waals surface area contributed by atoms with Gasteiger partial charge in [0.15, 0.2) is 12.2 Å². The zero-order chi connectivity index (χ0) is 21.3. The van der Waals surface area contributed by atoms with E-state index in [1.54, 1.807) is 0 Å². The van der Waals surface area contributed by atoms with E-state index in [1.165, 1.54) is 11.0 Å². The van der Waals surface area contributed by atoms with Crippen LogP contribution in [0.2, 0.25) is 0 Å². The summed E-state index contributed by atoms with van der Waals surface area (Å²) in [5.41, 5.74) is 5.01. The van der Waals surface area contributed by atoms with Gasteiger partial charge in [0, 0.05) is 18.7 Å². The van der Waals surface area contributed by atoms with Crippen molar-refractivity contribution in [1.29, 1.82) is 0 Å². The summed E-state index contributed by atoms with van der Waals surface area (Å²) in [6.45, 7) is -0.836. The number of carbonyl (C=O) groups is 3. The fourth-order valence-corrected chi connectivity index (χ4v) is 3.23. The molecule has 2 atom stereocenters. The molecule has 11 heteroatoms. The van der Waals surface area contributed by atoms with Gasteiger partial charge in [-0.2, -0.15) is 0 Å². The molecule has 0 unspecified atom stereocenters. The van der Waals surface area contributed by atoms with Gasteiger partial charge in [-0.1, -0.05) is 6.08 Å². The average Bonchev–Trinajstić information content (AvgIpc) is 3.09. The van der Waals surface area contributed by atoms with Gasteiger partial charge in [0.05, 0.1) is 18.8 Å². The SMILES string of the molecule is NC(=O)[C@H]1CN(c2cc(F)c(C3=CCN(C(=O)[C@@H](O)CO)CC3)c(F)c2)C(=O)O1. The molecule has 0 bridgehead atoms. The van der Waals surface area contributed by atoms with Gasteiger partial charge in [0.2, 0.25) is 0 Å². The topological polar surface area (TPSA) is 133 Å². The zero-order valence-electron chi connectivity index (χ0n) is 15.2. The minimum Gasteiger partial charge on any atom is -0.434 e. The van der Waals surface area contributed by atoms with Crippen molar-refractivity contribution in [1.82, 2.24) is 4.90 Å². The van der Waals surface area contributed by atoms with Gasteiger partial charge >= 0.3 is 6.09 Å². The Bertz CT molecular complexity index is 867. The van der Waals surface area contributed by atoms with Gasteiger partial charge in [-0.3, -0.25) is 14.5 Å². The van der Waals surface area contributed by atoms with E-state index >= 15 is 0 Å². The Hall–Kier alpha value is -3.05. The Morgan fingerprint density at radius 3 is 2.45 bits per heavy atom. The van der Waals surface area contributed by atoms with E-state index in [-0.39, 0.29) is 37.3 Å². The average molecular weight is 411 g/mol. The molecule has 0 radical (unpaired) electrons. The smallest absolute Gasteiger partial charge is 0.415 e. The molecule has 0 spiro atoms. The number of nitrogens with two attached hydrogens (primary N) is 1. The number of aliphatic hydroxyl groups excluding tert-OH is 2. The van der Waals surface area contributed by atoms with Crippen LogP contribution in [0, 0.1) is 11.6 Å². The number of ether oxygens (including phenoxy) is 1. The van der Waals surface area contributed by atoms with Crippen LogP contribution < -0.4 is 10.6 Å². The standard InChI is InChI=1S/C18H19F2N3O6/c19-11-5-10(23-7-14(16(21)26)29-18(23)28)6-12(20)15(11)9-1-3-22(4-2-9)17(27)13(25)8-24/h1,5-6,13-14,24-25H,2-4,7-8H2,(H2,21,26)/t13-,14+/m0/s1. The van der Waals surface area contributed by atoms with Crippen molar-refractivity contribution < 1.29 is 38.1 Å². The van der Waals surface area contributed by atoms with Crippen molar-refractivity contribution >= 4 is 29.2 Å². The van der Waals surface area contributed by atoms with E-state index in [1.807, 2.05) is 0 Å². The molecule has 0 aliphatic carbocycles. The third-order valence-electron chi connectivity index (χ3n) is 4.77. The van der Waals surface area contributed by atoms with Crippen LogP contribution in [0.5, 0.6) is 0 Å². The van der Waals surface area contributed by atoms with E-state index in [0.717, 1.165) is 17.0 Å². The van der Waals surface area contributed by atoms with E-state index in [9.17, 15) is 28.3 Å². The number of rotatable bonds is 5. The second-order valence-electron chi connectivity index (χ2n) is 6.63. The highest BCUT2D eigenvalue weighted by Crippen LogP contribution is 2.32. The first-order valence-corrected chi connectivity index (χ1v) is 8.76. The first-order valence-electron chi connectivity index (χ1n) is 8.76. The quantitative estimate of drug-likeness (QED) is 0.612. The van der Waals surface area contributed by atoms with Crippen LogP contribution in [0.25, 0.3) is 5.57 Å². The molecule has 4 N–H and O–H groups in total. The summed E-state index contributed by atoms with van der Waals surface area (Å²) in [5, 5.41) is 18.3. The number of halogens is 2. The van der Waals surface area contributed by atoms with Gasteiger partial charge in [0.25, 0.3) is 11.8 Å². The van der Waals surface area contributed by atoms with Gasteiger partial charge in [-0.25, -0.2) is 13.6 Å². The summed E-state index contributed by atoms with van der Waals surface area (Å²) in [6.07, 6.45) is -2.09. The maximum Gasteiger partial charge on any atom is 0.415 e. The molecule has 0 saturated carbocycles. The molecule has 0 aromatic heterocycles. The fraction of sp³-hybridized carbons (Fsp3) is 0.389. The maximum atomic E-state index is 14.7.